The molecule has 1 saturated heterocycles. The Morgan fingerprint density at radius 1 is 1.41 bits per heavy atom. The van der Waals surface area contributed by atoms with Gasteiger partial charge in [-0.05, 0) is 39.3 Å². The van der Waals surface area contributed by atoms with Crippen LogP contribution in [0.3, 0.4) is 0 Å². The number of likely N-dealkylation sites (N-methyl/N-ethyl adjacent to an activating group) is 1. The van der Waals surface area contributed by atoms with E-state index in [-0.39, 0.29) is 11.3 Å². The molecule has 0 aromatic rings. The van der Waals surface area contributed by atoms with Crippen molar-refractivity contribution in [1.29, 1.82) is 0 Å². The van der Waals surface area contributed by atoms with Gasteiger partial charge in [-0.25, -0.2) is 0 Å². The van der Waals surface area contributed by atoms with Crippen LogP contribution < -0.4 is 5.73 Å². The minimum absolute atomic E-state index is 0.182. The minimum Gasteiger partial charge on any atom is -0.344 e. The fourth-order valence-electron chi connectivity index (χ4n) is 2.24. The first kappa shape index (κ1) is 14.5. The molecule has 0 aromatic carbocycles. The summed E-state index contributed by atoms with van der Waals surface area (Å²) < 4.78 is 0. The molecule has 1 unspecified atom stereocenters. The van der Waals surface area contributed by atoms with E-state index in [2.05, 4.69) is 4.90 Å². The predicted octanol–water partition coefficient (Wildman–Crippen LogP) is 0.916. The monoisotopic (exact) mass is 241 g/mol. The Morgan fingerprint density at radius 2 is 2.00 bits per heavy atom. The summed E-state index contributed by atoms with van der Waals surface area (Å²) in [5.41, 5.74) is 5.33. The first-order valence-electron chi connectivity index (χ1n) is 6.71. The number of nitrogens with two attached hydrogens (primary N) is 1. The number of likely N-dealkylation sites (tertiary alicyclic amines) is 1. The van der Waals surface area contributed by atoms with Crippen LogP contribution in [0.15, 0.2) is 0 Å². The van der Waals surface area contributed by atoms with Crippen molar-refractivity contribution < 1.29 is 4.79 Å². The lowest BCUT2D eigenvalue weighted by atomic mass is 9.86. The van der Waals surface area contributed by atoms with Crippen LogP contribution in [0.5, 0.6) is 0 Å². The van der Waals surface area contributed by atoms with Gasteiger partial charge in [-0.2, -0.15) is 0 Å². The van der Waals surface area contributed by atoms with Crippen molar-refractivity contribution in [3.8, 4) is 0 Å². The highest BCUT2D eigenvalue weighted by Crippen LogP contribution is 2.22. The molecule has 1 aliphatic heterocycles. The summed E-state index contributed by atoms with van der Waals surface area (Å²) in [4.78, 5) is 16.5. The van der Waals surface area contributed by atoms with Gasteiger partial charge in [0.05, 0.1) is 5.41 Å². The zero-order valence-electron chi connectivity index (χ0n) is 11.5. The Hall–Kier alpha value is -0.610. The first-order chi connectivity index (χ1) is 8.03. The summed E-state index contributed by atoms with van der Waals surface area (Å²) in [7, 11) is 1.89. The Labute approximate surface area is 105 Å². The normalized spacial score (nSPS) is 20.2. The topological polar surface area (TPSA) is 49.6 Å². The molecule has 1 amide bonds. The van der Waals surface area contributed by atoms with E-state index in [0.29, 0.717) is 6.54 Å². The first-order valence-corrected chi connectivity index (χ1v) is 6.71. The van der Waals surface area contributed by atoms with E-state index in [4.69, 9.17) is 5.73 Å². The van der Waals surface area contributed by atoms with E-state index in [0.717, 1.165) is 19.5 Å². The maximum atomic E-state index is 12.3. The van der Waals surface area contributed by atoms with Crippen LogP contribution in [0.25, 0.3) is 0 Å². The summed E-state index contributed by atoms with van der Waals surface area (Å²) >= 11 is 0. The van der Waals surface area contributed by atoms with Crippen molar-refractivity contribution in [2.75, 3.05) is 39.8 Å². The SMILES string of the molecule is CCC(C)(CN)C(=O)N(C)CCN1CCCC1. The highest BCUT2D eigenvalue weighted by molar-refractivity contribution is 5.82. The second-order valence-electron chi connectivity index (χ2n) is 5.39. The third-order valence-corrected chi connectivity index (χ3v) is 4.04. The van der Waals surface area contributed by atoms with Crippen LogP contribution in [0, 0.1) is 5.41 Å². The minimum atomic E-state index is -0.389. The summed E-state index contributed by atoms with van der Waals surface area (Å²) in [6.07, 6.45) is 3.40. The number of rotatable bonds is 6. The maximum absolute atomic E-state index is 12.3. The Kier molecular flexibility index (Phi) is 5.40. The molecule has 0 aliphatic carbocycles. The lowest BCUT2D eigenvalue weighted by Crippen LogP contribution is -2.46. The van der Waals surface area contributed by atoms with E-state index in [9.17, 15) is 4.79 Å². The molecule has 100 valence electrons. The van der Waals surface area contributed by atoms with Gasteiger partial charge in [-0.3, -0.25) is 4.79 Å². The van der Waals surface area contributed by atoms with E-state index in [1.54, 1.807) is 0 Å². The molecule has 1 atom stereocenters. The van der Waals surface area contributed by atoms with Gasteiger partial charge in [-0.15, -0.1) is 0 Å². The highest BCUT2D eigenvalue weighted by atomic mass is 16.2. The third-order valence-electron chi connectivity index (χ3n) is 4.04. The van der Waals surface area contributed by atoms with Crippen LogP contribution in [-0.2, 0) is 4.79 Å². The molecule has 0 spiro atoms. The molecule has 0 bridgehead atoms. The molecule has 1 rings (SSSR count). The van der Waals surface area contributed by atoms with Gasteiger partial charge in [0.1, 0.15) is 0 Å². The molecule has 1 aliphatic rings. The van der Waals surface area contributed by atoms with Gasteiger partial charge in [-0.1, -0.05) is 6.92 Å². The molecule has 1 heterocycles. The molecule has 2 N–H and O–H groups in total. The van der Waals surface area contributed by atoms with Crippen LogP contribution in [0.4, 0.5) is 0 Å². The van der Waals surface area contributed by atoms with Gasteiger partial charge >= 0.3 is 0 Å². The number of hydrogen-bond acceptors (Lipinski definition) is 3. The molecule has 4 nitrogen and oxygen atoms in total. The lowest BCUT2D eigenvalue weighted by molar-refractivity contribution is -0.139. The van der Waals surface area contributed by atoms with Crippen molar-refractivity contribution in [2.45, 2.75) is 33.1 Å². The third kappa shape index (κ3) is 3.68. The molecule has 17 heavy (non-hydrogen) atoms. The lowest BCUT2D eigenvalue weighted by Gasteiger charge is -2.31. The van der Waals surface area contributed by atoms with Crippen molar-refractivity contribution in [2.24, 2.45) is 11.1 Å². The Morgan fingerprint density at radius 3 is 2.47 bits per heavy atom. The zero-order valence-corrected chi connectivity index (χ0v) is 11.5. The number of carbonyl (C=O) groups is 1. The van der Waals surface area contributed by atoms with Gasteiger partial charge in [0, 0.05) is 26.7 Å². The average Bonchev–Trinajstić information content (AvgIpc) is 2.87. The van der Waals surface area contributed by atoms with E-state index in [1.165, 1.54) is 25.9 Å². The van der Waals surface area contributed by atoms with Gasteiger partial charge in [0.2, 0.25) is 5.91 Å². The molecule has 1 fully saturated rings. The van der Waals surface area contributed by atoms with Crippen molar-refractivity contribution in [3.63, 3.8) is 0 Å². The summed E-state index contributed by atoms with van der Waals surface area (Å²) in [6.45, 7) is 8.59. The molecule has 0 radical (unpaired) electrons. The van der Waals surface area contributed by atoms with Gasteiger partial charge in [0.25, 0.3) is 0 Å². The number of amides is 1. The highest BCUT2D eigenvalue weighted by Gasteiger charge is 2.32. The van der Waals surface area contributed by atoms with E-state index in [1.807, 2.05) is 25.8 Å². The van der Waals surface area contributed by atoms with Crippen molar-refractivity contribution in [3.05, 3.63) is 0 Å². The van der Waals surface area contributed by atoms with E-state index >= 15 is 0 Å². The standard InChI is InChI=1S/C13H27N3O/c1-4-13(2,11-14)12(17)15(3)9-10-16-7-5-6-8-16/h4-11,14H2,1-3H3. The number of carbonyl (C=O) groups excluding carboxylic acids is 1. The van der Waals surface area contributed by atoms with Crippen LogP contribution in [0.1, 0.15) is 33.1 Å². The summed E-state index contributed by atoms with van der Waals surface area (Å²) in [5, 5.41) is 0. The van der Waals surface area contributed by atoms with Gasteiger partial charge < -0.3 is 15.5 Å². The smallest absolute Gasteiger partial charge is 0.229 e. The second-order valence-corrected chi connectivity index (χ2v) is 5.39. The summed E-state index contributed by atoms with van der Waals surface area (Å²) in [5.74, 6) is 0.182. The number of nitrogens with zero attached hydrogens (tertiary/aromatic N) is 2. The van der Waals surface area contributed by atoms with Crippen molar-refractivity contribution >= 4 is 5.91 Å². The fraction of sp³-hybridized carbons (Fsp3) is 0.923. The van der Waals surface area contributed by atoms with Gasteiger partial charge in [0.15, 0.2) is 0 Å². The van der Waals surface area contributed by atoms with Crippen LogP contribution in [-0.4, -0.2) is 55.5 Å². The number of hydrogen-bond donors (Lipinski definition) is 1. The molecule has 4 heteroatoms. The molecular formula is C13H27N3O. The maximum Gasteiger partial charge on any atom is 0.229 e. The predicted molar refractivity (Wildman–Crippen MR) is 70.8 cm³/mol. The molecule has 0 aromatic heterocycles. The van der Waals surface area contributed by atoms with Crippen LogP contribution in [0.2, 0.25) is 0 Å². The molecular weight excluding hydrogens is 214 g/mol. The van der Waals surface area contributed by atoms with Crippen molar-refractivity contribution in [1.82, 2.24) is 9.80 Å². The fourth-order valence-corrected chi connectivity index (χ4v) is 2.24. The largest absolute Gasteiger partial charge is 0.344 e. The zero-order chi connectivity index (χ0) is 12.9. The molecule has 0 saturated carbocycles. The van der Waals surface area contributed by atoms with Crippen LogP contribution >= 0.6 is 0 Å². The Balaban J connectivity index is 2.40. The summed E-state index contributed by atoms with van der Waals surface area (Å²) in [6, 6.07) is 0. The van der Waals surface area contributed by atoms with E-state index < -0.39 is 0 Å². The second kappa shape index (κ2) is 6.36. The quantitative estimate of drug-likeness (QED) is 0.752. The Bertz CT molecular complexity index is 245. The average molecular weight is 241 g/mol.